The van der Waals surface area contributed by atoms with Crippen LogP contribution >= 0.6 is 0 Å². The zero-order valence-electron chi connectivity index (χ0n) is 13.4. The van der Waals surface area contributed by atoms with Crippen LogP contribution in [0.3, 0.4) is 0 Å². The maximum Gasteiger partial charge on any atom is 0.414 e. The van der Waals surface area contributed by atoms with Gasteiger partial charge in [0.15, 0.2) is 0 Å². The van der Waals surface area contributed by atoms with Crippen LogP contribution in [0.5, 0.6) is 0 Å². The summed E-state index contributed by atoms with van der Waals surface area (Å²) in [6.45, 7) is 5.19. The summed E-state index contributed by atoms with van der Waals surface area (Å²) >= 11 is 0. The van der Waals surface area contributed by atoms with Crippen LogP contribution in [0, 0.1) is 0 Å². The molecule has 0 spiro atoms. The third-order valence-electron chi connectivity index (χ3n) is 3.77. The molecule has 1 heterocycles. The van der Waals surface area contributed by atoms with Gasteiger partial charge in [-0.3, -0.25) is 14.9 Å². The third kappa shape index (κ3) is 4.08. The van der Waals surface area contributed by atoms with Gasteiger partial charge in [-0.15, -0.1) is 0 Å². The van der Waals surface area contributed by atoms with Crippen molar-refractivity contribution >= 4 is 17.9 Å². The minimum absolute atomic E-state index is 0.0270. The van der Waals surface area contributed by atoms with Crippen LogP contribution in [0.25, 0.3) is 0 Å². The van der Waals surface area contributed by atoms with Gasteiger partial charge in [-0.1, -0.05) is 12.2 Å². The summed E-state index contributed by atoms with van der Waals surface area (Å²) in [5, 5.41) is 2.25. The Morgan fingerprint density at radius 1 is 1.32 bits per heavy atom. The monoisotopic (exact) mass is 308 g/mol. The van der Waals surface area contributed by atoms with Gasteiger partial charge in [-0.2, -0.15) is 0 Å². The van der Waals surface area contributed by atoms with E-state index in [-0.39, 0.29) is 11.9 Å². The molecule has 0 aromatic heterocycles. The number of carbonyl (C=O) groups excluding carboxylic acids is 3. The zero-order valence-corrected chi connectivity index (χ0v) is 13.4. The fraction of sp³-hybridized carbons (Fsp3) is 0.688. The quantitative estimate of drug-likeness (QED) is 0.793. The van der Waals surface area contributed by atoms with Gasteiger partial charge in [-0.25, -0.2) is 4.79 Å². The van der Waals surface area contributed by atoms with Gasteiger partial charge in [0.25, 0.3) is 5.91 Å². The van der Waals surface area contributed by atoms with Crippen molar-refractivity contribution in [2.75, 3.05) is 0 Å². The van der Waals surface area contributed by atoms with Gasteiger partial charge < -0.3 is 9.64 Å². The molecule has 22 heavy (non-hydrogen) atoms. The number of rotatable bonds is 2. The summed E-state index contributed by atoms with van der Waals surface area (Å²) in [6.07, 6.45) is 6.92. The first kappa shape index (κ1) is 16.5. The number of imide groups is 1. The first-order valence-electron chi connectivity index (χ1n) is 7.79. The molecule has 0 aromatic rings. The van der Waals surface area contributed by atoms with Gasteiger partial charge in [-0.05, 0) is 46.5 Å². The molecule has 1 aliphatic heterocycles. The predicted molar refractivity (Wildman–Crippen MR) is 81.0 cm³/mol. The smallest absolute Gasteiger partial charge is 0.414 e. The van der Waals surface area contributed by atoms with Gasteiger partial charge >= 0.3 is 6.09 Å². The lowest BCUT2D eigenvalue weighted by Gasteiger charge is -2.32. The summed E-state index contributed by atoms with van der Waals surface area (Å²) in [5.41, 5.74) is -0.665. The summed E-state index contributed by atoms with van der Waals surface area (Å²) in [4.78, 5) is 37.7. The highest BCUT2D eigenvalue weighted by atomic mass is 16.6. The van der Waals surface area contributed by atoms with Crippen LogP contribution in [0.15, 0.2) is 12.2 Å². The maximum absolute atomic E-state index is 12.3. The number of nitrogens with one attached hydrogen (secondary N) is 1. The van der Waals surface area contributed by atoms with Crippen LogP contribution in [-0.2, 0) is 14.3 Å². The first-order chi connectivity index (χ1) is 10.3. The molecule has 0 saturated carbocycles. The minimum atomic E-state index is -0.768. The number of alkyl carbamates (subject to hydrolysis) is 1. The topological polar surface area (TPSA) is 75.7 Å². The molecule has 1 saturated heterocycles. The summed E-state index contributed by atoms with van der Waals surface area (Å²) in [7, 11) is 0. The molecule has 2 aliphatic rings. The summed E-state index contributed by atoms with van der Waals surface area (Å²) in [5.74, 6) is -0.486. The molecule has 0 aromatic carbocycles. The normalized spacial score (nSPS) is 25.2. The number of amides is 3. The Morgan fingerprint density at radius 2 is 2.05 bits per heavy atom. The molecule has 1 aliphatic carbocycles. The number of nitrogens with zero attached hydrogens (tertiary/aromatic N) is 1. The van der Waals surface area contributed by atoms with E-state index in [0.717, 1.165) is 19.3 Å². The van der Waals surface area contributed by atoms with Crippen molar-refractivity contribution in [3.63, 3.8) is 0 Å². The lowest BCUT2D eigenvalue weighted by atomic mass is 10.0. The van der Waals surface area contributed by atoms with Crippen LogP contribution in [0.4, 0.5) is 4.79 Å². The van der Waals surface area contributed by atoms with Crippen LogP contribution in [0.1, 0.15) is 52.9 Å². The Bertz CT molecular complexity index is 493. The summed E-state index contributed by atoms with van der Waals surface area (Å²) < 4.78 is 5.09. The molecule has 0 unspecified atom stereocenters. The number of carbonyl (C=O) groups is 3. The highest BCUT2D eigenvalue weighted by Crippen LogP contribution is 2.27. The van der Waals surface area contributed by atoms with E-state index < -0.39 is 23.6 Å². The van der Waals surface area contributed by atoms with Crippen LogP contribution in [-0.4, -0.2) is 40.5 Å². The fourth-order valence-electron chi connectivity index (χ4n) is 2.89. The lowest BCUT2D eigenvalue weighted by molar-refractivity contribution is -0.136. The largest absolute Gasteiger partial charge is 0.444 e. The summed E-state index contributed by atoms with van der Waals surface area (Å²) in [6, 6.07) is -0.633. The Balaban J connectivity index is 2.01. The van der Waals surface area contributed by atoms with E-state index in [1.807, 2.05) is 12.2 Å². The number of allylic oxidation sites excluding steroid dienone is 1. The van der Waals surface area contributed by atoms with Crippen molar-refractivity contribution in [3.8, 4) is 0 Å². The molecule has 2 rings (SSSR count). The second kappa shape index (κ2) is 6.50. The molecule has 6 heteroatoms. The Kier molecular flexibility index (Phi) is 4.88. The molecule has 1 fully saturated rings. The van der Waals surface area contributed by atoms with Gasteiger partial charge in [0.1, 0.15) is 11.6 Å². The van der Waals surface area contributed by atoms with E-state index >= 15 is 0 Å². The highest BCUT2D eigenvalue weighted by Gasteiger charge is 2.40. The van der Waals surface area contributed by atoms with E-state index in [2.05, 4.69) is 5.32 Å². The van der Waals surface area contributed by atoms with Gasteiger partial charge in [0.05, 0.1) is 6.04 Å². The SMILES string of the molecule is CC(C)(C)OC(=O)NC(=O)[C@@H]1CCC(=O)N1[C@@H]1C=CCCC1. The number of ether oxygens (including phenoxy) is 1. The molecule has 0 radical (unpaired) electrons. The van der Waals surface area contributed by atoms with Crippen molar-refractivity contribution < 1.29 is 19.1 Å². The van der Waals surface area contributed by atoms with E-state index in [1.165, 1.54) is 0 Å². The average molecular weight is 308 g/mol. The molecule has 2 atom stereocenters. The number of likely N-dealkylation sites (tertiary alicyclic amines) is 1. The molecule has 1 N–H and O–H groups in total. The lowest BCUT2D eigenvalue weighted by Crippen LogP contribution is -2.51. The highest BCUT2D eigenvalue weighted by molar-refractivity contribution is 5.98. The maximum atomic E-state index is 12.3. The molecular weight excluding hydrogens is 284 g/mol. The van der Waals surface area contributed by atoms with Crippen molar-refractivity contribution in [2.24, 2.45) is 0 Å². The van der Waals surface area contributed by atoms with Crippen molar-refractivity contribution in [2.45, 2.75) is 70.6 Å². The van der Waals surface area contributed by atoms with Crippen molar-refractivity contribution in [1.29, 1.82) is 0 Å². The minimum Gasteiger partial charge on any atom is -0.444 e. The van der Waals surface area contributed by atoms with Crippen molar-refractivity contribution in [1.82, 2.24) is 10.2 Å². The number of hydrogen-bond acceptors (Lipinski definition) is 4. The first-order valence-corrected chi connectivity index (χ1v) is 7.79. The molecule has 122 valence electrons. The Labute approximate surface area is 130 Å². The molecule has 0 bridgehead atoms. The molecular formula is C16H24N2O4. The zero-order chi connectivity index (χ0) is 16.3. The predicted octanol–water partition coefficient (Wildman–Crippen LogP) is 2.14. The molecule has 3 amide bonds. The van der Waals surface area contributed by atoms with E-state index in [4.69, 9.17) is 4.74 Å². The average Bonchev–Trinajstić information content (AvgIpc) is 2.79. The third-order valence-corrected chi connectivity index (χ3v) is 3.77. The Hall–Kier alpha value is -1.85. The van der Waals surface area contributed by atoms with Crippen LogP contribution < -0.4 is 5.32 Å². The fourth-order valence-corrected chi connectivity index (χ4v) is 2.89. The van der Waals surface area contributed by atoms with E-state index in [9.17, 15) is 14.4 Å². The number of hydrogen-bond donors (Lipinski definition) is 1. The van der Waals surface area contributed by atoms with E-state index in [1.54, 1.807) is 25.7 Å². The van der Waals surface area contributed by atoms with Crippen molar-refractivity contribution in [3.05, 3.63) is 12.2 Å². The second-order valence-electron chi connectivity index (χ2n) is 6.77. The standard InChI is InChI=1S/C16H24N2O4/c1-16(2,3)22-15(21)17-14(20)12-9-10-13(19)18(12)11-7-5-4-6-8-11/h5,7,11-12H,4,6,8-10H2,1-3H3,(H,17,20,21)/t11-,12+/m1/s1. The Morgan fingerprint density at radius 3 is 2.64 bits per heavy atom. The second-order valence-corrected chi connectivity index (χ2v) is 6.77. The van der Waals surface area contributed by atoms with Crippen LogP contribution in [0.2, 0.25) is 0 Å². The van der Waals surface area contributed by atoms with Gasteiger partial charge in [0, 0.05) is 6.42 Å². The van der Waals surface area contributed by atoms with E-state index in [0.29, 0.717) is 12.8 Å². The molecule has 6 nitrogen and oxygen atoms in total. The van der Waals surface area contributed by atoms with Gasteiger partial charge in [0.2, 0.25) is 5.91 Å².